The van der Waals surface area contributed by atoms with Crippen LogP contribution in [0.5, 0.6) is 0 Å². The summed E-state index contributed by atoms with van der Waals surface area (Å²) in [7, 11) is -7.79. The molecule has 2 aromatic rings. The van der Waals surface area contributed by atoms with Crippen LogP contribution >= 0.6 is 0 Å². The van der Waals surface area contributed by atoms with Gasteiger partial charge in [0.1, 0.15) is 0 Å². The molecule has 33 heavy (non-hydrogen) atoms. The number of aliphatic hydroxyl groups is 1. The van der Waals surface area contributed by atoms with Crippen LogP contribution in [0.25, 0.3) is 0 Å². The summed E-state index contributed by atoms with van der Waals surface area (Å²) in [5.41, 5.74) is 6.14. The Labute approximate surface area is 198 Å². The maximum atomic E-state index is 13.5. The number of hydrogen-bond donors (Lipinski definition) is 2. The highest BCUT2D eigenvalue weighted by atomic mass is 32.2. The normalized spacial score (nSPS) is 12.5. The Morgan fingerprint density at radius 3 is 1.48 bits per heavy atom. The van der Waals surface area contributed by atoms with Crippen molar-refractivity contribution in [2.75, 3.05) is 26.2 Å². The van der Waals surface area contributed by atoms with E-state index in [0.29, 0.717) is 22.3 Å². The number of nitrogens with zero attached hydrogens (tertiary/aromatic N) is 1. The summed E-state index contributed by atoms with van der Waals surface area (Å²) in [6.45, 7) is 13.8. The Morgan fingerprint density at radius 2 is 1.09 bits per heavy atom. The molecular weight excluding hydrogens is 460 g/mol. The molecule has 2 rings (SSSR count). The van der Waals surface area contributed by atoms with Crippen molar-refractivity contribution < 1.29 is 21.9 Å². The maximum Gasteiger partial charge on any atom is 0.243 e. The number of aryl methyl sites for hydroxylation is 4. The van der Waals surface area contributed by atoms with Crippen LogP contribution in [0.3, 0.4) is 0 Å². The molecule has 7 nitrogen and oxygen atoms in total. The van der Waals surface area contributed by atoms with E-state index in [2.05, 4.69) is 4.72 Å². The standard InChI is InChI=1S/C24H36N2O5S2/c1-15-13-16(2)20(6)23(19(15)5)32(28,29)25-9-10-26(11-12-27)33(30,31)24-21(7)17(3)14-18(4)22(24)8/h13-14,25,27H,9-12H2,1-8H3. The van der Waals surface area contributed by atoms with Gasteiger partial charge in [0, 0.05) is 19.6 Å². The molecule has 0 aliphatic rings. The highest BCUT2D eigenvalue weighted by Crippen LogP contribution is 2.29. The van der Waals surface area contributed by atoms with E-state index in [9.17, 15) is 21.9 Å². The molecule has 0 bridgehead atoms. The zero-order chi connectivity index (χ0) is 25.3. The van der Waals surface area contributed by atoms with E-state index in [1.165, 1.54) is 0 Å². The second-order valence-electron chi connectivity index (χ2n) is 8.70. The summed E-state index contributed by atoms with van der Waals surface area (Å²) in [4.78, 5) is 0.454. The van der Waals surface area contributed by atoms with Crippen LogP contribution in [0, 0.1) is 55.4 Å². The minimum absolute atomic E-state index is 0.100. The average molecular weight is 497 g/mol. The number of aliphatic hydroxyl groups excluding tert-OH is 1. The van der Waals surface area contributed by atoms with Crippen molar-refractivity contribution >= 4 is 20.0 Å². The first kappa shape index (κ1) is 27.5. The monoisotopic (exact) mass is 496 g/mol. The van der Waals surface area contributed by atoms with E-state index in [4.69, 9.17) is 0 Å². The SMILES string of the molecule is Cc1cc(C)c(C)c(S(=O)(=O)NCCN(CCO)S(=O)(=O)c2c(C)c(C)cc(C)c2C)c1C. The molecule has 0 atom stereocenters. The lowest BCUT2D eigenvalue weighted by atomic mass is 10.0. The van der Waals surface area contributed by atoms with Gasteiger partial charge in [-0.15, -0.1) is 0 Å². The Morgan fingerprint density at radius 1 is 0.697 bits per heavy atom. The summed E-state index contributed by atoms with van der Waals surface area (Å²) in [5, 5.41) is 9.52. The third-order valence-corrected chi connectivity index (χ3v) is 10.4. The van der Waals surface area contributed by atoms with Crippen LogP contribution < -0.4 is 4.72 Å². The molecule has 2 aromatic carbocycles. The lowest BCUT2D eigenvalue weighted by Crippen LogP contribution is -2.40. The Hall–Kier alpha value is -1.78. The van der Waals surface area contributed by atoms with Gasteiger partial charge in [-0.2, -0.15) is 4.31 Å². The molecule has 0 heterocycles. The van der Waals surface area contributed by atoms with E-state index >= 15 is 0 Å². The highest BCUT2D eigenvalue weighted by Gasteiger charge is 2.29. The van der Waals surface area contributed by atoms with Gasteiger partial charge in [0.15, 0.2) is 0 Å². The van der Waals surface area contributed by atoms with Gasteiger partial charge in [-0.3, -0.25) is 0 Å². The summed E-state index contributed by atoms with van der Waals surface area (Å²) < 4.78 is 57.0. The average Bonchev–Trinajstić information content (AvgIpc) is 2.70. The Kier molecular flexibility index (Phi) is 8.51. The molecule has 0 unspecified atom stereocenters. The van der Waals surface area contributed by atoms with E-state index in [1.807, 2.05) is 39.8 Å². The zero-order valence-corrected chi connectivity index (χ0v) is 22.5. The van der Waals surface area contributed by atoms with Gasteiger partial charge in [-0.05, 0) is 99.9 Å². The number of rotatable bonds is 9. The van der Waals surface area contributed by atoms with Crippen molar-refractivity contribution in [2.24, 2.45) is 0 Å². The van der Waals surface area contributed by atoms with Gasteiger partial charge in [0.25, 0.3) is 0 Å². The Balaban J connectivity index is 2.37. The van der Waals surface area contributed by atoms with Crippen LogP contribution in [-0.2, 0) is 20.0 Å². The minimum atomic E-state index is -3.94. The van der Waals surface area contributed by atoms with Crippen LogP contribution in [0.15, 0.2) is 21.9 Å². The fraction of sp³-hybridized carbons (Fsp3) is 0.500. The Bertz CT molecular complexity index is 1210. The second kappa shape index (κ2) is 10.2. The van der Waals surface area contributed by atoms with Gasteiger partial charge in [0.2, 0.25) is 20.0 Å². The second-order valence-corrected chi connectivity index (χ2v) is 12.3. The van der Waals surface area contributed by atoms with Crippen molar-refractivity contribution in [2.45, 2.75) is 65.2 Å². The molecule has 0 aliphatic heterocycles. The van der Waals surface area contributed by atoms with Gasteiger partial charge in [-0.1, -0.05) is 12.1 Å². The fourth-order valence-electron chi connectivity index (χ4n) is 4.12. The molecule has 0 spiro atoms. The van der Waals surface area contributed by atoms with Gasteiger partial charge in [0.05, 0.1) is 16.4 Å². The van der Waals surface area contributed by atoms with Gasteiger partial charge < -0.3 is 5.11 Å². The van der Waals surface area contributed by atoms with E-state index < -0.39 is 20.0 Å². The fourth-order valence-corrected chi connectivity index (χ4v) is 7.76. The first-order valence-electron chi connectivity index (χ1n) is 10.9. The number of hydrogen-bond acceptors (Lipinski definition) is 5. The highest BCUT2D eigenvalue weighted by molar-refractivity contribution is 7.89. The minimum Gasteiger partial charge on any atom is -0.395 e. The predicted octanol–water partition coefficient (Wildman–Crippen LogP) is 3.12. The van der Waals surface area contributed by atoms with Crippen molar-refractivity contribution in [3.05, 3.63) is 56.6 Å². The summed E-state index contributed by atoms with van der Waals surface area (Å²) in [5.74, 6) is 0. The zero-order valence-electron chi connectivity index (χ0n) is 20.8. The molecule has 184 valence electrons. The smallest absolute Gasteiger partial charge is 0.243 e. The summed E-state index contributed by atoms with van der Waals surface area (Å²) in [6.07, 6.45) is 0. The van der Waals surface area contributed by atoms with E-state index in [-0.39, 0.29) is 36.0 Å². The summed E-state index contributed by atoms with van der Waals surface area (Å²) >= 11 is 0. The van der Waals surface area contributed by atoms with Crippen molar-refractivity contribution in [3.8, 4) is 0 Å². The molecular formula is C24H36N2O5S2. The van der Waals surface area contributed by atoms with Crippen LogP contribution in [0.4, 0.5) is 0 Å². The third kappa shape index (κ3) is 5.49. The number of nitrogens with one attached hydrogen (secondary N) is 1. The van der Waals surface area contributed by atoms with Crippen molar-refractivity contribution in [3.63, 3.8) is 0 Å². The number of sulfonamides is 2. The topological polar surface area (TPSA) is 104 Å². The van der Waals surface area contributed by atoms with E-state index in [0.717, 1.165) is 26.6 Å². The molecule has 0 saturated heterocycles. The van der Waals surface area contributed by atoms with Crippen molar-refractivity contribution in [1.29, 1.82) is 0 Å². The summed E-state index contributed by atoms with van der Waals surface area (Å²) in [6, 6.07) is 3.90. The first-order valence-corrected chi connectivity index (χ1v) is 13.8. The molecule has 0 radical (unpaired) electrons. The van der Waals surface area contributed by atoms with Crippen LogP contribution in [0.2, 0.25) is 0 Å². The molecule has 0 aliphatic carbocycles. The van der Waals surface area contributed by atoms with Crippen LogP contribution in [-0.4, -0.2) is 52.5 Å². The molecule has 2 N–H and O–H groups in total. The molecule has 0 fully saturated rings. The van der Waals surface area contributed by atoms with E-state index in [1.54, 1.807) is 27.7 Å². The lowest BCUT2D eigenvalue weighted by Gasteiger charge is -2.25. The predicted molar refractivity (Wildman–Crippen MR) is 132 cm³/mol. The molecule has 9 heteroatoms. The van der Waals surface area contributed by atoms with Gasteiger partial charge in [-0.25, -0.2) is 21.6 Å². The number of benzene rings is 2. The molecule has 0 saturated carbocycles. The molecule has 0 amide bonds. The maximum absolute atomic E-state index is 13.5. The third-order valence-electron chi connectivity index (χ3n) is 6.46. The quantitative estimate of drug-likeness (QED) is 0.555. The largest absolute Gasteiger partial charge is 0.395 e. The van der Waals surface area contributed by atoms with Crippen LogP contribution in [0.1, 0.15) is 44.5 Å². The molecule has 0 aromatic heterocycles. The lowest BCUT2D eigenvalue weighted by molar-refractivity contribution is 0.254. The van der Waals surface area contributed by atoms with Crippen molar-refractivity contribution in [1.82, 2.24) is 9.03 Å². The van der Waals surface area contributed by atoms with Gasteiger partial charge >= 0.3 is 0 Å². The first-order chi connectivity index (χ1) is 15.2.